The number of sulfone groups is 1. The monoisotopic (exact) mass is 288 g/mol. The number of nitrogens with two attached hydrogens (primary N) is 1. The molecule has 2 aliphatic rings. The molecule has 1 heterocycles. The van der Waals surface area contributed by atoms with Gasteiger partial charge in [0.05, 0.1) is 5.75 Å². The zero-order valence-corrected chi connectivity index (χ0v) is 12.1. The van der Waals surface area contributed by atoms with E-state index >= 15 is 0 Å². The molecule has 0 aromatic heterocycles. The topological polar surface area (TPSA) is 89.3 Å². The second-order valence-corrected chi connectivity index (χ2v) is 8.05. The molecule has 3 N–H and O–H groups in total. The second kappa shape index (κ2) is 6.22. The lowest BCUT2D eigenvalue weighted by Crippen LogP contribution is -2.50. The van der Waals surface area contributed by atoms with Gasteiger partial charge in [-0.1, -0.05) is 19.3 Å². The second-order valence-electron chi connectivity index (χ2n) is 5.75. The van der Waals surface area contributed by atoms with Gasteiger partial charge < -0.3 is 11.1 Å². The van der Waals surface area contributed by atoms with E-state index in [0.717, 1.165) is 32.1 Å². The van der Waals surface area contributed by atoms with Crippen molar-refractivity contribution >= 4 is 15.7 Å². The van der Waals surface area contributed by atoms with Gasteiger partial charge in [0.25, 0.3) is 0 Å². The van der Waals surface area contributed by atoms with Gasteiger partial charge in [-0.15, -0.1) is 0 Å². The average Bonchev–Trinajstić information content (AvgIpc) is 2.38. The van der Waals surface area contributed by atoms with E-state index < -0.39 is 15.1 Å². The van der Waals surface area contributed by atoms with E-state index in [0.29, 0.717) is 25.3 Å². The Kier molecular flexibility index (Phi) is 4.84. The van der Waals surface area contributed by atoms with Crippen LogP contribution in [-0.2, 0) is 14.6 Å². The Morgan fingerprint density at radius 2 is 1.79 bits per heavy atom. The van der Waals surface area contributed by atoms with E-state index in [1.54, 1.807) is 0 Å². The highest BCUT2D eigenvalue weighted by Crippen LogP contribution is 2.25. The molecular formula is C13H24N2O3S. The normalized spacial score (nSPS) is 34.7. The van der Waals surface area contributed by atoms with Gasteiger partial charge in [-0.3, -0.25) is 4.79 Å². The lowest BCUT2D eigenvalue weighted by atomic mass is 9.84. The SMILES string of the molecule is NCC1CCCCC1NC(=O)C1CCCCS1(=O)=O. The minimum atomic E-state index is -3.24. The smallest absolute Gasteiger partial charge is 0.238 e. The summed E-state index contributed by atoms with van der Waals surface area (Å²) in [7, 11) is -3.24. The Hall–Kier alpha value is -0.620. The minimum absolute atomic E-state index is 0.0587. The highest BCUT2D eigenvalue weighted by atomic mass is 32.2. The fourth-order valence-electron chi connectivity index (χ4n) is 3.20. The Morgan fingerprint density at radius 3 is 2.47 bits per heavy atom. The van der Waals surface area contributed by atoms with E-state index in [-0.39, 0.29) is 17.7 Å². The fraction of sp³-hybridized carbons (Fsp3) is 0.923. The first kappa shape index (κ1) is 14.8. The summed E-state index contributed by atoms with van der Waals surface area (Å²) < 4.78 is 23.9. The first-order valence-corrected chi connectivity index (χ1v) is 8.98. The van der Waals surface area contributed by atoms with Crippen molar-refractivity contribution in [3.8, 4) is 0 Å². The summed E-state index contributed by atoms with van der Waals surface area (Å²) in [6.07, 6.45) is 6.14. The molecule has 1 saturated heterocycles. The number of carbonyl (C=O) groups excluding carboxylic acids is 1. The molecule has 1 amide bonds. The average molecular weight is 288 g/mol. The Labute approximate surface area is 115 Å². The molecular weight excluding hydrogens is 264 g/mol. The van der Waals surface area contributed by atoms with Gasteiger partial charge in [-0.2, -0.15) is 0 Å². The third-order valence-electron chi connectivity index (χ3n) is 4.41. The molecule has 0 radical (unpaired) electrons. The summed E-state index contributed by atoms with van der Waals surface area (Å²) >= 11 is 0. The van der Waals surface area contributed by atoms with E-state index in [2.05, 4.69) is 5.32 Å². The molecule has 1 aliphatic carbocycles. The summed E-state index contributed by atoms with van der Waals surface area (Å²) in [5.74, 6) is 0.143. The molecule has 0 spiro atoms. The van der Waals surface area contributed by atoms with Crippen LogP contribution in [0.5, 0.6) is 0 Å². The molecule has 2 rings (SSSR count). The maximum atomic E-state index is 12.2. The van der Waals surface area contributed by atoms with Crippen molar-refractivity contribution in [3.05, 3.63) is 0 Å². The van der Waals surface area contributed by atoms with Gasteiger partial charge in [-0.05, 0) is 38.1 Å². The third kappa shape index (κ3) is 3.48. The third-order valence-corrected chi connectivity index (χ3v) is 6.59. The van der Waals surface area contributed by atoms with Crippen LogP contribution < -0.4 is 11.1 Å². The number of carbonyl (C=O) groups is 1. The predicted molar refractivity (Wildman–Crippen MR) is 74.4 cm³/mol. The molecule has 5 nitrogen and oxygen atoms in total. The van der Waals surface area contributed by atoms with Crippen molar-refractivity contribution in [1.82, 2.24) is 5.32 Å². The molecule has 110 valence electrons. The van der Waals surface area contributed by atoms with Crippen LogP contribution >= 0.6 is 0 Å². The summed E-state index contributed by atoms with van der Waals surface area (Å²) in [6, 6.07) is 0.0587. The van der Waals surface area contributed by atoms with Crippen molar-refractivity contribution in [1.29, 1.82) is 0 Å². The van der Waals surface area contributed by atoms with Crippen LogP contribution in [0.4, 0.5) is 0 Å². The number of amides is 1. The summed E-state index contributed by atoms with van der Waals surface area (Å²) in [5.41, 5.74) is 5.73. The molecule has 19 heavy (non-hydrogen) atoms. The van der Waals surface area contributed by atoms with Gasteiger partial charge in [0.2, 0.25) is 5.91 Å². The van der Waals surface area contributed by atoms with Gasteiger partial charge in [0.15, 0.2) is 9.84 Å². The first-order chi connectivity index (χ1) is 9.04. The maximum Gasteiger partial charge on any atom is 0.238 e. The van der Waals surface area contributed by atoms with Crippen LogP contribution in [0.3, 0.4) is 0 Å². The Bertz CT molecular complexity index is 422. The fourth-order valence-corrected chi connectivity index (χ4v) is 5.02. The van der Waals surface area contributed by atoms with Gasteiger partial charge in [-0.25, -0.2) is 8.42 Å². The molecule has 2 fully saturated rings. The molecule has 0 aromatic carbocycles. The number of nitrogens with one attached hydrogen (secondary N) is 1. The van der Waals surface area contributed by atoms with Crippen LogP contribution in [0, 0.1) is 5.92 Å². The largest absolute Gasteiger partial charge is 0.352 e. The summed E-state index contributed by atoms with van der Waals surface area (Å²) in [5, 5.41) is 2.12. The van der Waals surface area contributed by atoms with Crippen molar-refractivity contribution in [2.45, 2.75) is 56.2 Å². The molecule has 3 unspecified atom stereocenters. The number of hydrogen-bond donors (Lipinski definition) is 2. The zero-order chi connectivity index (χ0) is 13.9. The van der Waals surface area contributed by atoms with Crippen LogP contribution in [-0.4, -0.2) is 37.9 Å². The summed E-state index contributed by atoms with van der Waals surface area (Å²) in [4.78, 5) is 12.2. The van der Waals surface area contributed by atoms with E-state index in [4.69, 9.17) is 5.73 Å². The molecule has 1 saturated carbocycles. The standard InChI is InChI=1S/C13H24N2O3S/c14-9-10-5-1-2-6-11(10)15-13(16)12-7-3-4-8-19(12,17)18/h10-12H,1-9,14H2,(H,15,16). The van der Waals surface area contributed by atoms with Gasteiger partial charge >= 0.3 is 0 Å². The van der Waals surface area contributed by atoms with Crippen molar-refractivity contribution in [2.24, 2.45) is 11.7 Å². The minimum Gasteiger partial charge on any atom is -0.352 e. The van der Waals surface area contributed by atoms with E-state index in [1.165, 1.54) is 0 Å². The van der Waals surface area contributed by atoms with Crippen molar-refractivity contribution < 1.29 is 13.2 Å². The quantitative estimate of drug-likeness (QED) is 0.795. The molecule has 1 aliphatic heterocycles. The molecule has 3 atom stereocenters. The zero-order valence-electron chi connectivity index (χ0n) is 11.3. The van der Waals surface area contributed by atoms with Crippen LogP contribution in [0.1, 0.15) is 44.9 Å². The maximum absolute atomic E-state index is 12.2. The van der Waals surface area contributed by atoms with Crippen LogP contribution in [0.2, 0.25) is 0 Å². The summed E-state index contributed by atoms with van der Waals surface area (Å²) in [6.45, 7) is 0.558. The van der Waals surface area contributed by atoms with Crippen LogP contribution in [0.15, 0.2) is 0 Å². The predicted octanol–water partition coefficient (Wildman–Crippen LogP) is 0.587. The lowest BCUT2D eigenvalue weighted by molar-refractivity contribution is -0.122. The van der Waals surface area contributed by atoms with Crippen molar-refractivity contribution in [3.63, 3.8) is 0 Å². The highest BCUT2D eigenvalue weighted by molar-refractivity contribution is 7.92. The Balaban J connectivity index is 1.99. The van der Waals surface area contributed by atoms with E-state index in [9.17, 15) is 13.2 Å². The highest BCUT2D eigenvalue weighted by Gasteiger charge is 2.36. The van der Waals surface area contributed by atoms with Gasteiger partial charge in [0, 0.05) is 6.04 Å². The van der Waals surface area contributed by atoms with Crippen LogP contribution in [0.25, 0.3) is 0 Å². The number of hydrogen-bond acceptors (Lipinski definition) is 4. The number of rotatable bonds is 3. The molecule has 6 heteroatoms. The van der Waals surface area contributed by atoms with Gasteiger partial charge in [0.1, 0.15) is 5.25 Å². The molecule has 0 aromatic rings. The van der Waals surface area contributed by atoms with E-state index in [1.807, 2.05) is 0 Å². The lowest BCUT2D eigenvalue weighted by Gasteiger charge is -2.33. The van der Waals surface area contributed by atoms with Crippen molar-refractivity contribution in [2.75, 3.05) is 12.3 Å². The first-order valence-electron chi connectivity index (χ1n) is 7.26. The molecule has 0 bridgehead atoms. The Morgan fingerprint density at radius 1 is 1.11 bits per heavy atom.